The normalized spacial score (nSPS) is 16.3. The monoisotopic (exact) mass is 308 g/mol. The lowest BCUT2D eigenvalue weighted by Crippen LogP contribution is -2.39. The Labute approximate surface area is 133 Å². The molecule has 0 amide bonds. The van der Waals surface area contributed by atoms with E-state index in [2.05, 4.69) is 17.9 Å². The minimum atomic E-state index is -0.103. The maximum absolute atomic E-state index is 6.03. The number of nitrogens with zero attached hydrogens (tertiary/aromatic N) is 1. The van der Waals surface area contributed by atoms with E-state index in [9.17, 15) is 0 Å². The number of hydrogen-bond acceptors (Lipinski definition) is 5. The van der Waals surface area contributed by atoms with Crippen molar-refractivity contribution in [2.45, 2.75) is 32.5 Å². The molecular weight excluding hydrogens is 280 g/mol. The predicted octanol–water partition coefficient (Wildman–Crippen LogP) is 2.68. The summed E-state index contributed by atoms with van der Waals surface area (Å²) in [6, 6.07) is 4.10. The Morgan fingerprint density at radius 1 is 1.18 bits per heavy atom. The summed E-state index contributed by atoms with van der Waals surface area (Å²) in [5.41, 5.74) is 9.24. The SMILES string of the molecule is CCc1cc(N)c(OC)cc1N1CCC(C(OC)OC)CC1. The summed E-state index contributed by atoms with van der Waals surface area (Å²) in [4.78, 5) is 2.42. The Hall–Kier alpha value is -1.46. The van der Waals surface area contributed by atoms with Crippen molar-refractivity contribution >= 4 is 11.4 Å². The zero-order chi connectivity index (χ0) is 16.1. The van der Waals surface area contributed by atoms with E-state index < -0.39 is 0 Å². The molecule has 124 valence electrons. The van der Waals surface area contributed by atoms with Gasteiger partial charge in [0.15, 0.2) is 6.29 Å². The Morgan fingerprint density at radius 3 is 2.32 bits per heavy atom. The van der Waals surface area contributed by atoms with E-state index in [1.54, 1.807) is 21.3 Å². The molecule has 0 spiro atoms. The number of hydrogen-bond donors (Lipinski definition) is 1. The third kappa shape index (κ3) is 3.47. The lowest BCUT2D eigenvalue weighted by molar-refractivity contribution is -0.141. The van der Waals surface area contributed by atoms with Crippen LogP contribution in [0.5, 0.6) is 5.75 Å². The number of nitrogens with two attached hydrogens (primary N) is 1. The van der Waals surface area contributed by atoms with E-state index in [1.807, 2.05) is 6.07 Å². The van der Waals surface area contributed by atoms with Crippen molar-refractivity contribution in [2.75, 3.05) is 45.1 Å². The molecule has 0 radical (unpaired) electrons. The number of nitrogen functional groups attached to an aromatic ring is 1. The van der Waals surface area contributed by atoms with Crippen LogP contribution in [0.4, 0.5) is 11.4 Å². The van der Waals surface area contributed by atoms with E-state index in [1.165, 1.54) is 11.3 Å². The number of aryl methyl sites for hydroxylation is 1. The van der Waals surface area contributed by atoms with Crippen LogP contribution in [0, 0.1) is 5.92 Å². The fourth-order valence-electron chi connectivity index (χ4n) is 3.28. The second kappa shape index (κ2) is 7.70. The van der Waals surface area contributed by atoms with E-state index >= 15 is 0 Å². The van der Waals surface area contributed by atoms with Gasteiger partial charge < -0.3 is 24.8 Å². The van der Waals surface area contributed by atoms with Crippen molar-refractivity contribution in [3.05, 3.63) is 17.7 Å². The average molecular weight is 308 g/mol. The zero-order valence-corrected chi connectivity index (χ0v) is 14.1. The Morgan fingerprint density at radius 2 is 1.82 bits per heavy atom. The lowest BCUT2D eigenvalue weighted by Gasteiger charge is -2.37. The molecule has 1 aliphatic rings. The molecular formula is C17H28N2O3. The highest BCUT2D eigenvalue weighted by atomic mass is 16.7. The molecule has 0 saturated carbocycles. The Kier molecular flexibility index (Phi) is 5.91. The van der Waals surface area contributed by atoms with Crippen molar-refractivity contribution < 1.29 is 14.2 Å². The van der Waals surface area contributed by atoms with Gasteiger partial charge in [0.2, 0.25) is 0 Å². The molecule has 22 heavy (non-hydrogen) atoms. The predicted molar refractivity (Wildman–Crippen MR) is 89.5 cm³/mol. The van der Waals surface area contributed by atoms with E-state index in [0.717, 1.165) is 38.1 Å². The second-order valence-electron chi connectivity index (χ2n) is 5.74. The van der Waals surface area contributed by atoms with Gasteiger partial charge in [-0.1, -0.05) is 6.92 Å². The van der Waals surface area contributed by atoms with Crippen LogP contribution in [0.15, 0.2) is 12.1 Å². The van der Waals surface area contributed by atoms with Gasteiger partial charge in [-0.15, -0.1) is 0 Å². The molecule has 5 nitrogen and oxygen atoms in total. The Balaban J connectivity index is 2.13. The molecule has 0 aromatic heterocycles. The van der Waals surface area contributed by atoms with Crippen LogP contribution in [-0.2, 0) is 15.9 Å². The van der Waals surface area contributed by atoms with Gasteiger partial charge in [0.1, 0.15) is 5.75 Å². The fourth-order valence-corrected chi connectivity index (χ4v) is 3.28. The minimum absolute atomic E-state index is 0.103. The first-order valence-corrected chi connectivity index (χ1v) is 7.91. The maximum Gasteiger partial charge on any atom is 0.159 e. The number of ether oxygens (including phenoxy) is 3. The molecule has 1 aromatic carbocycles. The van der Waals surface area contributed by atoms with E-state index in [4.69, 9.17) is 19.9 Å². The third-order valence-electron chi connectivity index (χ3n) is 4.54. The second-order valence-corrected chi connectivity index (χ2v) is 5.74. The number of anilines is 2. The molecule has 1 aliphatic heterocycles. The first kappa shape index (κ1) is 16.9. The molecule has 2 N–H and O–H groups in total. The van der Waals surface area contributed by atoms with Crippen molar-refractivity contribution in [2.24, 2.45) is 5.92 Å². The van der Waals surface area contributed by atoms with Gasteiger partial charge in [-0.3, -0.25) is 0 Å². The van der Waals surface area contributed by atoms with Gasteiger partial charge in [0, 0.05) is 45.0 Å². The molecule has 1 aromatic rings. The minimum Gasteiger partial charge on any atom is -0.495 e. The molecule has 0 unspecified atom stereocenters. The van der Waals surface area contributed by atoms with Gasteiger partial charge in [0.25, 0.3) is 0 Å². The summed E-state index contributed by atoms with van der Waals surface area (Å²) in [6.45, 7) is 4.14. The average Bonchev–Trinajstić information content (AvgIpc) is 2.56. The van der Waals surface area contributed by atoms with E-state index in [-0.39, 0.29) is 6.29 Å². The largest absolute Gasteiger partial charge is 0.495 e. The number of benzene rings is 1. The lowest BCUT2D eigenvalue weighted by atomic mass is 9.94. The third-order valence-corrected chi connectivity index (χ3v) is 4.54. The summed E-state index contributed by atoms with van der Waals surface area (Å²) < 4.78 is 16.2. The first-order chi connectivity index (χ1) is 10.6. The van der Waals surface area contributed by atoms with Crippen molar-refractivity contribution in [1.29, 1.82) is 0 Å². The molecule has 0 atom stereocenters. The van der Waals surface area contributed by atoms with Crippen LogP contribution in [0.1, 0.15) is 25.3 Å². The zero-order valence-electron chi connectivity index (χ0n) is 14.1. The number of piperidine rings is 1. The summed E-state index contributed by atoms with van der Waals surface area (Å²) in [6.07, 6.45) is 2.97. The topological polar surface area (TPSA) is 57.0 Å². The van der Waals surface area contributed by atoms with Crippen LogP contribution < -0.4 is 15.4 Å². The molecule has 1 saturated heterocycles. The summed E-state index contributed by atoms with van der Waals surface area (Å²) in [5.74, 6) is 1.20. The molecule has 0 bridgehead atoms. The highest BCUT2D eigenvalue weighted by Gasteiger charge is 2.27. The first-order valence-electron chi connectivity index (χ1n) is 7.91. The van der Waals surface area contributed by atoms with Gasteiger partial charge in [0.05, 0.1) is 12.8 Å². The van der Waals surface area contributed by atoms with Gasteiger partial charge in [-0.25, -0.2) is 0 Å². The number of methoxy groups -OCH3 is 3. The number of rotatable bonds is 6. The van der Waals surface area contributed by atoms with Crippen molar-refractivity contribution in [1.82, 2.24) is 0 Å². The molecule has 5 heteroatoms. The highest BCUT2D eigenvalue weighted by Crippen LogP contribution is 2.35. The van der Waals surface area contributed by atoms with Gasteiger partial charge in [-0.05, 0) is 30.9 Å². The summed E-state index contributed by atoms with van der Waals surface area (Å²) in [5, 5.41) is 0. The molecule has 2 rings (SSSR count). The van der Waals surface area contributed by atoms with Gasteiger partial charge >= 0.3 is 0 Å². The quantitative estimate of drug-likeness (QED) is 0.647. The van der Waals surface area contributed by atoms with Crippen molar-refractivity contribution in [3.8, 4) is 5.75 Å². The van der Waals surface area contributed by atoms with E-state index in [0.29, 0.717) is 11.6 Å². The highest BCUT2D eigenvalue weighted by molar-refractivity contribution is 5.67. The Bertz CT molecular complexity index is 481. The standard InChI is InChI=1S/C17H28N2O3/c1-5-12-10-14(18)16(20-2)11-15(12)19-8-6-13(7-9-19)17(21-3)22-4/h10-11,13,17H,5-9,18H2,1-4H3. The summed E-state index contributed by atoms with van der Waals surface area (Å²) in [7, 11) is 5.08. The van der Waals surface area contributed by atoms with Crippen LogP contribution in [-0.4, -0.2) is 40.7 Å². The fraction of sp³-hybridized carbons (Fsp3) is 0.647. The molecule has 0 aliphatic carbocycles. The molecule has 1 fully saturated rings. The van der Waals surface area contributed by atoms with Crippen LogP contribution in [0.2, 0.25) is 0 Å². The maximum atomic E-state index is 6.03. The molecule has 1 heterocycles. The smallest absolute Gasteiger partial charge is 0.159 e. The van der Waals surface area contributed by atoms with Crippen molar-refractivity contribution in [3.63, 3.8) is 0 Å². The van der Waals surface area contributed by atoms with Crippen LogP contribution in [0.25, 0.3) is 0 Å². The van der Waals surface area contributed by atoms with Crippen LogP contribution in [0.3, 0.4) is 0 Å². The van der Waals surface area contributed by atoms with Crippen LogP contribution >= 0.6 is 0 Å². The summed E-state index contributed by atoms with van der Waals surface area (Å²) >= 11 is 0. The van der Waals surface area contributed by atoms with Gasteiger partial charge in [-0.2, -0.15) is 0 Å².